The van der Waals surface area contributed by atoms with E-state index < -0.39 is 67.4 Å². The van der Waals surface area contributed by atoms with Gasteiger partial charge in [-0.1, -0.05) is 215 Å². The summed E-state index contributed by atoms with van der Waals surface area (Å²) < 4.78 is 17.5. The first-order valence-corrected chi connectivity index (χ1v) is 29.4. The molecule has 0 radical (unpaired) electrons. The number of rotatable bonds is 48. The summed E-state index contributed by atoms with van der Waals surface area (Å²) in [5.74, 6) is -1.24. The predicted molar refractivity (Wildman–Crippen MR) is 301 cm³/mol. The number of ether oxygens (including phenoxy) is 3. The van der Waals surface area contributed by atoms with Crippen LogP contribution >= 0.6 is 0 Å². The van der Waals surface area contributed by atoms with Crippen LogP contribution in [0.4, 0.5) is 0 Å². The van der Waals surface area contributed by atoms with Gasteiger partial charge in [0.1, 0.15) is 24.4 Å². The van der Waals surface area contributed by atoms with Crippen LogP contribution in [-0.4, -0.2) is 99.6 Å². The Morgan fingerprint density at radius 1 is 0.548 bits per heavy atom. The summed E-state index contributed by atoms with van der Waals surface area (Å²) in [6.07, 6.45) is 53.3. The normalized spacial score (nSPS) is 20.0. The number of esters is 1. The third-order valence-corrected chi connectivity index (χ3v) is 13.3. The smallest absolute Gasteiger partial charge is 0.306 e. The van der Waals surface area contributed by atoms with E-state index in [1.807, 2.05) is 6.08 Å². The van der Waals surface area contributed by atoms with Gasteiger partial charge in [0.05, 0.1) is 25.4 Å². The van der Waals surface area contributed by atoms with E-state index in [2.05, 4.69) is 99.0 Å². The van der Waals surface area contributed by atoms with Gasteiger partial charge in [0.25, 0.3) is 0 Å². The standard InChI is InChI=1S/C62H107NO10/c1-4-7-10-13-16-19-22-24-26-27-28-29-30-32-35-38-41-44-47-50-57(67)73-60-59(69)58(68)56(51-64)72-62(60)71-52-53(54(65)48-45-42-39-36-33-21-18-15-12-9-6-3)63-61(70)55(66)49-46-43-40-37-34-31-25-23-20-17-14-11-8-5-2/h16-17,19-20,23-26,28-29,32,35,45,48,53-56,58-60,62,64-66,68-69H,4-15,18,21-22,27,30-31,33-34,36-44,46-47,49-52H2,1-3H3,(H,63,70)/b19-16-,20-17+,25-23+,26-24-,29-28-,35-32-,48-45+. The number of hydrogen-bond donors (Lipinski definition) is 6. The van der Waals surface area contributed by atoms with E-state index in [4.69, 9.17) is 14.2 Å². The third kappa shape index (κ3) is 38.1. The molecule has 73 heavy (non-hydrogen) atoms. The van der Waals surface area contributed by atoms with Crippen molar-refractivity contribution in [2.45, 2.75) is 282 Å². The van der Waals surface area contributed by atoms with Gasteiger partial charge >= 0.3 is 5.97 Å². The van der Waals surface area contributed by atoms with E-state index in [-0.39, 0.29) is 19.4 Å². The largest absolute Gasteiger partial charge is 0.454 e. The van der Waals surface area contributed by atoms with E-state index >= 15 is 0 Å². The van der Waals surface area contributed by atoms with Gasteiger partial charge in [-0.25, -0.2) is 0 Å². The number of unbranched alkanes of at least 4 members (excludes halogenated alkanes) is 23. The molecule has 420 valence electrons. The third-order valence-electron chi connectivity index (χ3n) is 13.3. The lowest BCUT2D eigenvalue weighted by atomic mass is 9.99. The van der Waals surface area contributed by atoms with Crippen LogP contribution in [0.25, 0.3) is 0 Å². The van der Waals surface area contributed by atoms with E-state index in [1.54, 1.807) is 6.08 Å². The first-order valence-electron chi connectivity index (χ1n) is 29.4. The van der Waals surface area contributed by atoms with Gasteiger partial charge in [-0.2, -0.15) is 0 Å². The Morgan fingerprint density at radius 2 is 0.986 bits per heavy atom. The van der Waals surface area contributed by atoms with Crippen LogP contribution in [0, 0.1) is 0 Å². The maximum Gasteiger partial charge on any atom is 0.306 e. The number of aliphatic hydroxyl groups excluding tert-OH is 5. The Morgan fingerprint density at radius 3 is 1.52 bits per heavy atom. The van der Waals surface area contributed by atoms with Gasteiger partial charge in [0.2, 0.25) is 5.91 Å². The van der Waals surface area contributed by atoms with E-state index in [1.165, 1.54) is 83.5 Å². The van der Waals surface area contributed by atoms with Crippen molar-refractivity contribution < 1.29 is 49.3 Å². The summed E-state index contributed by atoms with van der Waals surface area (Å²) in [5, 5.41) is 56.8. The van der Waals surface area contributed by atoms with Crippen molar-refractivity contribution in [1.29, 1.82) is 0 Å². The highest BCUT2D eigenvalue weighted by Gasteiger charge is 2.47. The number of nitrogens with one attached hydrogen (secondary N) is 1. The fourth-order valence-corrected chi connectivity index (χ4v) is 8.56. The Bertz CT molecular complexity index is 1510. The van der Waals surface area contributed by atoms with Crippen LogP contribution in [0.3, 0.4) is 0 Å². The van der Waals surface area contributed by atoms with Crippen LogP contribution in [0.2, 0.25) is 0 Å². The van der Waals surface area contributed by atoms with Crippen LogP contribution in [0.5, 0.6) is 0 Å². The molecule has 1 amide bonds. The van der Waals surface area contributed by atoms with Crippen molar-refractivity contribution in [3.8, 4) is 0 Å². The molecular weight excluding hydrogens is 919 g/mol. The summed E-state index contributed by atoms with van der Waals surface area (Å²) >= 11 is 0. The van der Waals surface area contributed by atoms with Gasteiger partial charge in [-0.15, -0.1) is 0 Å². The van der Waals surface area contributed by atoms with Crippen molar-refractivity contribution in [1.82, 2.24) is 5.32 Å². The fourth-order valence-electron chi connectivity index (χ4n) is 8.56. The summed E-state index contributed by atoms with van der Waals surface area (Å²) in [6.45, 7) is 5.68. The zero-order chi connectivity index (χ0) is 53.3. The maximum absolute atomic E-state index is 13.4. The molecular formula is C62H107NO10. The van der Waals surface area contributed by atoms with Crippen LogP contribution in [0.15, 0.2) is 85.1 Å². The summed E-state index contributed by atoms with van der Waals surface area (Å²) in [6, 6.07) is -1.04. The van der Waals surface area contributed by atoms with Crippen LogP contribution in [-0.2, 0) is 23.8 Å². The topological polar surface area (TPSA) is 175 Å². The second kappa shape index (κ2) is 49.7. The minimum absolute atomic E-state index is 0.0809. The highest BCUT2D eigenvalue weighted by Crippen LogP contribution is 2.26. The molecule has 1 heterocycles. The van der Waals surface area contributed by atoms with Crippen molar-refractivity contribution in [3.05, 3.63) is 85.1 Å². The molecule has 0 saturated carbocycles. The van der Waals surface area contributed by atoms with Gasteiger partial charge in [0, 0.05) is 6.42 Å². The minimum Gasteiger partial charge on any atom is -0.454 e. The molecule has 0 bridgehead atoms. The molecule has 0 aromatic carbocycles. The van der Waals surface area contributed by atoms with Crippen molar-refractivity contribution >= 4 is 11.9 Å². The number of aliphatic hydroxyl groups is 5. The zero-order valence-corrected chi connectivity index (χ0v) is 46.2. The van der Waals surface area contributed by atoms with Crippen molar-refractivity contribution in [3.63, 3.8) is 0 Å². The molecule has 8 atom stereocenters. The Hall–Kier alpha value is -3.16. The minimum atomic E-state index is -1.63. The van der Waals surface area contributed by atoms with E-state index in [0.717, 1.165) is 103 Å². The molecule has 1 aliphatic rings. The lowest BCUT2D eigenvalue weighted by molar-refractivity contribution is -0.305. The Labute approximate surface area is 444 Å². The van der Waals surface area contributed by atoms with E-state index in [9.17, 15) is 35.1 Å². The second-order valence-corrected chi connectivity index (χ2v) is 20.0. The monoisotopic (exact) mass is 1030 g/mol. The first-order chi connectivity index (χ1) is 35.7. The zero-order valence-electron chi connectivity index (χ0n) is 46.2. The second-order valence-electron chi connectivity index (χ2n) is 20.0. The van der Waals surface area contributed by atoms with Crippen molar-refractivity contribution in [2.24, 2.45) is 0 Å². The van der Waals surface area contributed by atoms with Crippen molar-refractivity contribution in [2.75, 3.05) is 13.2 Å². The quantitative estimate of drug-likeness (QED) is 0.0149. The summed E-state index contributed by atoms with van der Waals surface area (Å²) in [4.78, 5) is 26.5. The average Bonchev–Trinajstić information content (AvgIpc) is 3.39. The highest BCUT2D eigenvalue weighted by atomic mass is 16.7. The lowest BCUT2D eigenvalue weighted by Gasteiger charge is -2.41. The van der Waals surface area contributed by atoms with Gasteiger partial charge in [-0.3, -0.25) is 9.59 Å². The summed E-state index contributed by atoms with van der Waals surface area (Å²) in [5.41, 5.74) is 0. The molecule has 1 fully saturated rings. The SMILES string of the molecule is CCCCC/C=C\C/C=C\C/C=C\C/C=C\CCCCCC(=O)OC1C(OCC(NC(=O)C(O)CCCCCCC/C=C/C=C/CCCCC)C(O)/C=C/CCCCCCCCCCC)OC(CO)C(O)C1O. The molecule has 0 aromatic rings. The number of allylic oxidation sites excluding steroid dienone is 13. The van der Waals surface area contributed by atoms with Crippen LogP contribution in [0.1, 0.15) is 233 Å². The summed E-state index contributed by atoms with van der Waals surface area (Å²) in [7, 11) is 0. The molecule has 11 nitrogen and oxygen atoms in total. The fraction of sp³-hybridized carbons (Fsp3) is 0.742. The Balaban J connectivity index is 2.74. The average molecular weight is 1030 g/mol. The molecule has 1 aliphatic heterocycles. The van der Waals surface area contributed by atoms with Gasteiger partial charge in [0.15, 0.2) is 12.4 Å². The van der Waals surface area contributed by atoms with E-state index in [0.29, 0.717) is 12.8 Å². The number of hydrogen-bond acceptors (Lipinski definition) is 10. The number of carbonyl (C=O) groups is 2. The molecule has 1 rings (SSSR count). The molecule has 1 saturated heterocycles. The molecule has 8 unspecified atom stereocenters. The molecule has 0 aliphatic carbocycles. The maximum atomic E-state index is 13.4. The number of carbonyl (C=O) groups excluding carboxylic acids is 2. The molecule has 0 spiro atoms. The predicted octanol–water partition coefficient (Wildman–Crippen LogP) is 13.4. The lowest BCUT2D eigenvalue weighted by Crippen LogP contribution is -2.61. The molecule has 0 aromatic heterocycles. The van der Waals surface area contributed by atoms with Gasteiger partial charge in [-0.05, 0) is 96.3 Å². The molecule has 11 heteroatoms. The van der Waals surface area contributed by atoms with Crippen LogP contribution < -0.4 is 5.32 Å². The molecule has 6 N–H and O–H groups in total. The van der Waals surface area contributed by atoms with Gasteiger partial charge < -0.3 is 45.1 Å². The number of amides is 1. The first kappa shape index (κ1) is 67.9. The Kier molecular flexibility index (Phi) is 46.2. The highest BCUT2D eigenvalue weighted by molar-refractivity contribution is 5.80.